The Morgan fingerprint density at radius 3 is 1.41 bits per heavy atom. The number of benzene rings is 8. The normalized spacial score (nSPS) is 14.7. The van der Waals surface area contributed by atoms with Gasteiger partial charge < -0.3 is 70.2 Å². The first kappa shape index (κ1) is 97.3. The first-order valence-electron chi connectivity index (χ1n) is 46.5. The number of halogens is 4. The molecule has 0 saturated carbocycles. The summed E-state index contributed by atoms with van der Waals surface area (Å²) in [5, 5.41) is 19.5. The molecule has 3 aliphatic heterocycles. The number of H-pyrrole nitrogens is 1. The lowest BCUT2D eigenvalue weighted by Gasteiger charge is -2.33. The summed E-state index contributed by atoms with van der Waals surface area (Å²) in [6.07, 6.45) is 17.9. The molecule has 8 heterocycles. The van der Waals surface area contributed by atoms with Crippen molar-refractivity contribution in [2.24, 2.45) is 0 Å². The Bertz CT molecular complexity index is 6610. The predicted octanol–water partition coefficient (Wildman–Crippen LogP) is 18.5. The van der Waals surface area contributed by atoms with Crippen LogP contribution in [0.15, 0.2) is 217 Å². The van der Waals surface area contributed by atoms with Gasteiger partial charge in [-0.25, -0.2) is 50.9 Å². The summed E-state index contributed by atoms with van der Waals surface area (Å²) in [6.45, 7) is 23.0. The minimum Gasteiger partial charge on any atom is -0.493 e. The van der Waals surface area contributed by atoms with Crippen LogP contribution in [-0.4, -0.2) is 229 Å². The van der Waals surface area contributed by atoms with Gasteiger partial charge in [0.1, 0.15) is 71.9 Å². The number of hydrogen-bond acceptors (Lipinski definition) is 26. The lowest BCUT2D eigenvalue weighted by atomic mass is 10.1. The van der Waals surface area contributed by atoms with E-state index in [0.717, 1.165) is 200 Å². The van der Waals surface area contributed by atoms with E-state index in [-0.39, 0.29) is 23.3 Å². The molecule has 19 rings (SSSR count). The quantitative estimate of drug-likeness (QED) is 0.0146. The van der Waals surface area contributed by atoms with Crippen LogP contribution in [0.4, 0.5) is 87.0 Å². The molecular formula is C105H116F4N20O8S. The summed E-state index contributed by atoms with van der Waals surface area (Å²) in [6, 6.07) is 54.6. The number of sulfonamides is 1. The standard InChI is InChI=1S/C28H32FN5O3S.2C26H28FN5O2.C25H28FN5O/c1-20-16-25-26(31-20)7-6-22(28(25)29)19-23-8-9-30-27(32-23)18-21-4-3-5-24(17-21)37-15-14-33-10-12-34(13-11-33)38(2,35)36;1-18-15-19-5-6-23(25(27)22(19)16-18)30-24-7-8-28-26(31-24)29-20-3-2-4-21(17-20)34-14-11-32-9-12-33-13-10-32;1-18-16-19-6-7-22(25(27)20(19)17-18)29-24-8-9-28-26(31-24)30-21-4-2-3-5-23(21)34-15-12-32-10-13-33-14-11-32;1-17-14-18-8-9-22(24(26)21(18)15-17)29-23-10-11-27-25(30-23)28-19-6-4-7-20(16-19)32-13-5-12-31(2)3/h3-9,16-17,31H,10-15,18-19H2,1-2H3;2-8,16-17H,9-15H2,1H3,(H2,28,29,30,31);2-9,17H,10-16H2,1H3,(H2,28,29,30,31);4,6-11,15-16H,5,12-14H2,1-3H3,(H2,27,28,29,30). The van der Waals surface area contributed by atoms with Crippen molar-refractivity contribution in [2.45, 2.75) is 66.2 Å². The van der Waals surface area contributed by atoms with Crippen molar-refractivity contribution in [3.8, 4) is 23.0 Å². The molecular weight excluding hydrogens is 1780 g/mol. The number of ether oxygens (including phenoxy) is 6. The second-order valence-corrected chi connectivity index (χ2v) is 37.0. The fourth-order valence-electron chi connectivity index (χ4n) is 16.8. The largest absolute Gasteiger partial charge is 0.493 e. The number of allylic oxidation sites excluding steroid dienone is 3. The molecule has 5 aromatic heterocycles. The van der Waals surface area contributed by atoms with Crippen molar-refractivity contribution in [3.63, 3.8) is 0 Å². The van der Waals surface area contributed by atoms with Crippen molar-refractivity contribution in [2.75, 3.05) is 184 Å². The fraction of sp³-hybridized carbons (Fsp3) is 0.314. The molecule has 0 bridgehead atoms. The highest BCUT2D eigenvalue weighted by molar-refractivity contribution is 7.88. The second-order valence-electron chi connectivity index (χ2n) is 35.0. The second kappa shape index (κ2) is 46.9. The Kier molecular flexibility index (Phi) is 33.0. The van der Waals surface area contributed by atoms with E-state index in [1.54, 1.807) is 61.2 Å². The highest BCUT2D eigenvalue weighted by atomic mass is 32.2. The van der Waals surface area contributed by atoms with Crippen LogP contribution in [0.2, 0.25) is 0 Å². The van der Waals surface area contributed by atoms with Crippen molar-refractivity contribution in [3.05, 3.63) is 302 Å². The van der Waals surface area contributed by atoms with Gasteiger partial charge in [0.15, 0.2) is 17.5 Å². The van der Waals surface area contributed by atoms with E-state index in [9.17, 15) is 21.6 Å². The van der Waals surface area contributed by atoms with Gasteiger partial charge in [-0.15, -0.1) is 0 Å². The number of hydrogen-bond donors (Lipinski definition) is 7. The third-order valence-corrected chi connectivity index (χ3v) is 25.2. The van der Waals surface area contributed by atoms with Crippen molar-refractivity contribution < 1.29 is 54.4 Å². The Morgan fingerprint density at radius 1 is 0.435 bits per heavy atom. The number of rotatable bonds is 34. The summed E-state index contributed by atoms with van der Waals surface area (Å²) >= 11 is 0. The van der Waals surface area contributed by atoms with Gasteiger partial charge in [0, 0.05) is 179 Å². The number of nitrogens with zero attached hydrogens (tertiary/aromatic N) is 13. The number of aromatic nitrogens is 9. The zero-order valence-electron chi connectivity index (χ0n) is 78.7. The third kappa shape index (κ3) is 27.4. The zero-order valence-corrected chi connectivity index (χ0v) is 79.5. The van der Waals surface area contributed by atoms with Gasteiger partial charge in [-0.3, -0.25) is 14.7 Å². The molecule has 0 spiro atoms. The molecule has 0 atom stereocenters. The van der Waals surface area contributed by atoms with Crippen LogP contribution >= 0.6 is 0 Å². The van der Waals surface area contributed by atoms with Crippen molar-refractivity contribution in [1.29, 1.82) is 0 Å². The molecule has 13 aromatic rings. The van der Waals surface area contributed by atoms with Crippen LogP contribution < -0.4 is 50.8 Å². The van der Waals surface area contributed by atoms with Crippen LogP contribution in [0.1, 0.15) is 88.9 Å². The lowest BCUT2D eigenvalue weighted by Crippen LogP contribution is -2.49. The number of aryl methyl sites for hydroxylation is 1. The van der Waals surface area contributed by atoms with E-state index < -0.39 is 10.0 Å². The molecule has 28 nitrogen and oxygen atoms in total. The maximum Gasteiger partial charge on any atom is 0.229 e. The Morgan fingerprint density at radius 2 is 0.899 bits per heavy atom. The van der Waals surface area contributed by atoms with Crippen molar-refractivity contribution >= 4 is 109 Å². The molecule has 7 N–H and O–H groups in total. The van der Waals surface area contributed by atoms with E-state index >= 15 is 4.39 Å². The highest BCUT2D eigenvalue weighted by Crippen LogP contribution is 2.38. The van der Waals surface area contributed by atoms with Crippen LogP contribution in [0.5, 0.6) is 23.0 Å². The molecule has 718 valence electrons. The molecule has 6 aliphatic rings. The number of morpholine rings is 2. The topological polar surface area (TPSA) is 297 Å². The number of aromatic amines is 1. The zero-order chi connectivity index (χ0) is 95.9. The van der Waals surface area contributed by atoms with Gasteiger partial charge in [-0.1, -0.05) is 95.6 Å². The van der Waals surface area contributed by atoms with Gasteiger partial charge in [0.05, 0.1) is 62.0 Å². The van der Waals surface area contributed by atoms with Gasteiger partial charge in [-0.05, 0) is 198 Å². The number of anilines is 12. The smallest absolute Gasteiger partial charge is 0.229 e. The number of fused-ring (bicyclic) bond motifs is 4. The van der Waals surface area contributed by atoms with Crippen LogP contribution in [-0.2, 0) is 51.6 Å². The molecule has 3 aliphatic carbocycles. The number of piperazine rings is 1. The van der Waals surface area contributed by atoms with Crippen LogP contribution in [0.25, 0.3) is 29.1 Å². The van der Waals surface area contributed by atoms with Gasteiger partial charge in [0.25, 0.3) is 0 Å². The summed E-state index contributed by atoms with van der Waals surface area (Å²) in [4.78, 5) is 47.7. The van der Waals surface area contributed by atoms with Crippen molar-refractivity contribution in [1.82, 2.24) is 68.8 Å². The first-order valence-corrected chi connectivity index (χ1v) is 48.3. The fourth-order valence-corrected chi connectivity index (χ4v) is 17.6. The Hall–Kier alpha value is -13.8. The average Bonchev–Trinajstić information content (AvgIpc) is 1.67. The molecule has 0 amide bonds. The monoisotopic (exact) mass is 1890 g/mol. The molecule has 138 heavy (non-hydrogen) atoms. The van der Waals surface area contributed by atoms with E-state index in [4.69, 9.17) is 28.4 Å². The minimum atomic E-state index is -3.12. The molecule has 8 aromatic carbocycles. The van der Waals surface area contributed by atoms with Crippen LogP contribution in [0, 0.1) is 30.2 Å². The molecule has 0 unspecified atom stereocenters. The van der Waals surface area contributed by atoms with Gasteiger partial charge in [0.2, 0.25) is 27.9 Å². The van der Waals surface area contributed by atoms with E-state index in [0.29, 0.717) is 151 Å². The van der Waals surface area contributed by atoms with E-state index in [2.05, 4.69) is 96.4 Å². The number of nitrogens with one attached hydrogen (secondary N) is 7. The Labute approximate surface area is 802 Å². The Balaban J connectivity index is 0.000000133. The van der Waals surface area contributed by atoms with E-state index in [1.165, 1.54) is 10.6 Å². The maximum absolute atomic E-state index is 15.0. The maximum atomic E-state index is 15.0. The molecule has 33 heteroatoms. The van der Waals surface area contributed by atoms with Gasteiger partial charge in [-0.2, -0.15) is 19.3 Å². The minimum absolute atomic E-state index is 0.214. The summed E-state index contributed by atoms with van der Waals surface area (Å²) in [5.74, 6) is 5.47. The molecule has 0 radical (unpaired) electrons. The van der Waals surface area contributed by atoms with Crippen LogP contribution in [0.3, 0.4) is 0 Å². The molecule has 3 fully saturated rings. The van der Waals surface area contributed by atoms with E-state index in [1.807, 2.05) is 200 Å². The summed E-state index contributed by atoms with van der Waals surface area (Å²) in [7, 11) is 0.968. The summed E-state index contributed by atoms with van der Waals surface area (Å²) < 4.78 is 119. The predicted molar refractivity (Wildman–Crippen MR) is 536 cm³/mol. The first-order chi connectivity index (χ1) is 67.0. The SMILES string of the molecule is CC1=Cc2c(ccc(Nc3ccnc(Nc4cccc(OCCCN(C)C)c4)n3)c2F)C1.CC1=Cc2c(ccc(Nc3ccnc(Nc4cccc(OCCN5CCOCC5)c4)n3)c2F)C1.CC1=Cc2c(ccc(Nc3ccnc(Nc4ccccc4OCCN4CCOCC4)n3)c2F)C1.Cc1cc2c(F)c(Cc3ccnc(Cc4cccc(OCCN5CCN(S(C)(=O)=O)CC5)c4)n3)ccc2[nH]1. The third-order valence-electron chi connectivity index (χ3n) is 23.9. The highest BCUT2D eigenvalue weighted by Gasteiger charge is 2.26. The van der Waals surface area contributed by atoms with Gasteiger partial charge >= 0.3 is 0 Å². The number of para-hydroxylation sites is 2. The summed E-state index contributed by atoms with van der Waals surface area (Å²) in [5.41, 5.74) is 16.2. The lowest BCUT2D eigenvalue weighted by molar-refractivity contribution is 0.0322. The average molecular weight is 1890 g/mol. The molecule has 3 saturated heterocycles.